The molecule has 1 aliphatic heterocycles. The van der Waals surface area contributed by atoms with Crippen molar-refractivity contribution in [1.82, 2.24) is 4.98 Å². The zero-order valence-electron chi connectivity index (χ0n) is 11.4. The molecule has 1 aliphatic rings. The van der Waals surface area contributed by atoms with Crippen LogP contribution in [-0.2, 0) is 13.0 Å². The summed E-state index contributed by atoms with van der Waals surface area (Å²) in [5.41, 5.74) is 2.35. The highest BCUT2D eigenvalue weighted by molar-refractivity contribution is 7.15. The Kier molecular flexibility index (Phi) is 3.72. The smallest absolute Gasteiger partial charge is 0.182 e. The number of nitrogens with zero attached hydrogens (tertiary/aromatic N) is 2. The molecule has 0 bridgehead atoms. The number of aromatic nitrogens is 1. The van der Waals surface area contributed by atoms with Gasteiger partial charge in [0, 0.05) is 36.6 Å². The van der Waals surface area contributed by atoms with E-state index in [1.807, 2.05) is 25.2 Å². The van der Waals surface area contributed by atoms with Gasteiger partial charge in [0.2, 0.25) is 0 Å². The van der Waals surface area contributed by atoms with Crippen molar-refractivity contribution in [2.45, 2.75) is 13.0 Å². The molecule has 106 valence electrons. The molecule has 0 saturated heterocycles. The molecule has 4 nitrogen and oxygen atoms in total. The second-order valence-electron chi connectivity index (χ2n) is 4.63. The summed E-state index contributed by atoms with van der Waals surface area (Å²) in [4.78, 5) is 8.24. The number of anilines is 2. The maximum atomic E-state index is 6.08. The number of nitrogens with one attached hydrogen (secondary N) is 1. The number of rotatable bonds is 3. The summed E-state index contributed by atoms with van der Waals surface area (Å²) in [6.45, 7) is 1.85. The average molecular weight is 310 g/mol. The summed E-state index contributed by atoms with van der Waals surface area (Å²) >= 11 is 7.80. The van der Waals surface area contributed by atoms with Gasteiger partial charge >= 0.3 is 0 Å². The highest BCUT2D eigenvalue weighted by Gasteiger charge is 2.21. The van der Waals surface area contributed by atoms with Gasteiger partial charge in [-0.2, -0.15) is 0 Å². The maximum Gasteiger partial charge on any atom is 0.182 e. The Hall–Kier alpha value is -1.46. The number of hydrogen-bond acceptors (Lipinski definition) is 5. The second-order valence-corrected chi connectivity index (χ2v) is 6.12. The molecule has 0 aliphatic carbocycles. The molecule has 1 aromatic carbocycles. The standard InChI is InChI=1S/C14H16ClN3OS/c1-16-14-17-11-5-6-18(8-13(11)20-14)9-3-4-10(15)12(7-9)19-2/h3-4,7H,5-6,8H2,1-2H3,(H,16,17). The molecule has 1 N–H and O–H groups in total. The van der Waals surface area contributed by atoms with Gasteiger partial charge < -0.3 is 15.0 Å². The SMILES string of the molecule is CNc1nc2c(s1)CN(c1ccc(Cl)c(OC)c1)CC2. The van der Waals surface area contributed by atoms with Gasteiger partial charge in [0.25, 0.3) is 0 Å². The lowest BCUT2D eigenvalue weighted by atomic mass is 10.1. The van der Waals surface area contributed by atoms with E-state index in [9.17, 15) is 0 Å². The number of methoxy groups -OCH3 is 1. The third-order valence-corrected chi connectivity index (χ3v) is 4.86. The Bertz CT molecular complexity index is 629. The zero-order valence-corrected chi connectivity index (χ0v) is 13.0. The molecule has 6 heteroatoms. The van der Waals surface area contributed by atoms with E-state index >= 15 is 0 Å². The van der Waals surface area contributed by atoms with E-state index in [1.54, 1.807) is 18.4 Å². The first-order chi connectivity index (χ1) is 9.71. The van der Waals surface area contributed by atoms with Crippen molar-refractivity contribution in [3.63, 3.8) is 0 Å². The number of thiazole rings is 1. The van der Waals surface area contributed by atoms with E-state index in [2.05, 4.69) is 15.2 Å². The van der Waals surface area contributed by atoms with Gasteiger partial charge in [0.1, 0.15) is 5.75 Å². The molecule has 0 fully saturated rings. The van der Waals surface area contributed by atoms with E-state index in [0.717, 1.165) is 36.1 Å². The maximum absolute atomic E-state index is 6.08. The van der Waals surface area contributed by atoms with Crippen LogP contribution >= 0.6 is 22.9 Å². The minimum atomic E-state index is 0.643. The van der Waals surface area contributed by atoms with Crippen LogP contribution in [0.2, 0.25) is 5.02 Å². The Morgan fingerprint density at radius 2 is 2.30 bits per heavy atom. The van der Waals surface area contributed by atoms with Gasteiger partial charge in [0.05, 0.1) is 24.4 Å². The second kappa shape index (κ2) is 5.50. The Labute approximate surface area is 127 Å². The fourth-order valence-electron chi connectivity index (χ4n) is 2.37. The van der Waals surface area contributed by atoms with E-state index in [1.165, 1.54) is 10.6 Å². The van der Waals surface area contributed by atoms with Crippen LogP contribution < -0.4 is 15.0 Å². The molecule has 0 atom stereocenters. The summed E-state index contributed by atoms with van der Waals surface area (Å²) < 4.78 is 5.29. The normalized spacial score (nSPS) is 14.1. The Morgan fingerprint density at radius 1 is 1.45 bits per heavy atom. The molecule has 1 aromatic heterocycles. The number of benzene rings is 1. The molecule has 0 unspecified atom stereocenters. The fraction of sp³-hybridized carbons (Fsp3) is 0.357. The van der Waals surface area contributed by atoms with Crippen molar-refractivity contribution in [2.24, 2.45) is 0 Å². The molecule has 20 heavy (non-hydrogen) atoms. The minimum Gasteiger partial charge on any atom is -0.495 e. The number of hydrogen-bond donors (Lipinski definition) is 1. The van der Waals surface area contributed by atoms with Crippen LogP contribution in [0, 0.1) is 0 Å². The summed E-state index contributed by atoms with van der Waals surface area (Å²) in [6, 6.07) is 5.92. The lowest BCUT2D eigenvalue weighted by molar-refractivity contribution is 0.415. The summed E-state index contributed by atoms with van der Waals surface area (Å²) in [5.74, 6) is 0.718. The van der Waals surface area contributed by atoms with Crippen LogP contribution in [0.1, 0.15) is 10.6 Å². The molecule has 0 radical (unpaired) electrons. The highest BCUT2D eigenvalue weighted by Crippen LogP contribution is 2.34. The molecule has 0 amide bonds. The first-order valence-electron chi connectivity index (χ1n) is 6.46. The third kappa shape index (κ3) is 2.43. The lowest BCUT2D eigenvalue weighted by Crippen LogP contribution is -2.29. The molecule has 2 heterocycles. The Balaban J connectivity index is 1.86. The molecule has 2 aromatic rings. The topological polar surface area (TPSA) is 37.4 Å². The van der Waals surface area contributed by atoms with Crippen molar-refractivity contribution in [1.29, 1.82) is 0 Å². The monoisotopic (exact) mass is 309 g/mol. The molecule has 3 rings (SSSR count). The van der Waals surface area contributed by atoms with E-state index in [0.29, 0.717) is 5.02 Å². The highest BCUT2D eigenvalue weighted by atomic mass is 35.5. The van der Waals surface area contributed by atoms with Crippen molar-refractivity contribution < 1.29 is 4.74 Å². The van der Waals surface area contributed by atoms with Gasteiger partial charge in [-0.3, -0.25) is 0 Å². The minimum absolute atomic E-state index is 0.643. The van der Waals surface area contributed by atoms with Crippen LogP contribution in [0.5, 0.6) is 5.75 Å². The Morgan fingerprint density at radius 3 is 3.05 bits per heavy atom. The average Bonchev–Trinajstić information content (AvgIpc) is 2.89. The largest absolute Gasteiger partial charge is 0.495 e. The van der Waals surface area contributed by atoms with Crippen molar-refractivity contribution >= 4 is 33.8 Å². The molecular formula is C14H16ClN3OS. The molecular weight excluding hydrogens is 294 g/mol. The fourth-order valence-corrected chi connectivity index (χ4v) is 3.54. The first kappa shape index (κ1) is 13.5. The molecule has 0 spiro atoms. The summed E-state index contributed by atoms with van der Waals surface area (Å²) in [5, 5.41) is 4.75. The van der Waals surface area contributed by atoms with Gasteiger partial charge in [-0.15, -0.1) is 0 Å². The predicted octanol–water partition coefficient (Wildman–Crippen LogP) is 3.41. The van der Waals surface area contributed by atoms with Crippen molar-refractivity contribution in [3.05, 3.63) is 33.8 Å². The number of ether oxygens (including phenoxy) is 1. The van der Waals surface area contributed by atoms with Crippen LogP contribution in [0.3, 0.4) is 0 Å². The van der Waals surface area contributed by atoms with Crippen LogP contribution in [0.15, 0.2) is 18.2 Å². The summed E-state index contributed by atoms with van der Waals surface area (Å²) in [6.07, 6.45) is 0.971. The van der Waals surface area contributed by atoms with Crippen molar-refractivity contribution in [3.8, 4) is 5.75 Å². The number of halogens is 1. The van der Waals surface area contributed by atoms with Gasteiger partial charge in [0.15, 0.2) is 5.13 Å². The van der Waals surface area contributed by atoms with Gasteiger partial charge in [-0.1, -0.05) is 22.9 Å². The van der Waals surface area contributed by atoms with Gasteiger partial charge in [-0.25, -0.2) is 4.98 Å². The lowest BCUT2D eigenvalue weighted by Gasteiger charge is -2.28. The first-order valence-corrected chi connectivity index (χ1v) is 7.65. The molecule has 0 saturated carbocycles. The van der Waals surface area contributed by atoms with Crippen LogP contribution in [-0.4, -0.2) is 25.7 Å². The number of fused-ring (bicyclic) bond motifs is 1. The van der Waals surface area contributed by atoms with E-state index < -0.39 is 0 Å². The quantitative estimate of drug-likeness (QED) is 0.943. The zero-order chi connectivity index (χ0) is 14.1. The predicted molar refractivity (Wildman–Crippen MR) is 84.4 cm³/mol. The third-order valence-electron chi connectivity index (χ3n) is 3.44. The van der Waals surface area contributed by atoms with Crippen molar-refractivity contribution in [2.75, 3.05) is 30.9 Å². The van der Waals surface area contributed by atoms with Crippen LogP contribution in [0.4, 0.5) is 10.8 Å². The van der Waals surface area contributed by atoms with Gasteiger partial charge in [-0.05, 0) is 12.1 Å². The van der Waals surface area contributed by atoms with E-state index in [4.69, 9.17) is 16.3 Å². The van der Waals surface area contributed by atoms with E-state index in [-0.39, 0.29) is 0 Å². The van der Waals surface area contributed by atoms with Crippen LogP contribution in [0.25, 0.3) is 0 Å². The summed E-state index contributed by atoms with van der Waals surface area (Å²) in [7, 11) is 3.55.